The van der Waals surface area contributed by atoms with Crippen LogP contribution in [0.3, 0.4) is 0 Å². The van der Waals surface area contributed by atoms with Crippen LogP contribution in [-0.4, -0.2) is 36.1 Å². The number of hydrogen-bond acceptors (Lipinski definition) is 4. The number of hydrogen-bond donors (Lipinski definition) is 1. The van der Waals surface area contributed by atoms with Crippen molar-refractivity contribution >= 4 is 27.4 Å². The molecule has 1 aliphatic heterocycles. The fourth-order valence-electron chi connectivity index (χ4n) is 4.03. The zero-order valence-corrected chi connectivity index (χ0v) is 16.8. The van der Waals surface area contributed by atoms with Gasteiger partial charge in [-0.15, -0.1) is 11.3 Å². The number of rotatable bonds is 4. The van der Waals surface area contributed by atoms with Gasteiger partial charge in [-0.1, -0.05) is 42.5 Å². The summed E-state index contributed by atoms with van der Waals surface area (Å²) >= 11 is 1.68. The lowest BCUT2D eigenvalue weighted by molar-refractivity contribution is -0.914. The summed E-state index contributed by atoms with van der Waals surface area (Å²) in [6.07, 6.45) is 1.68. The number of aromatic nitrogens is 2. The summed E-state index contributed by atoms with van der Waals surface area (Å²) in [4.78, 5) is 14.1. The van der Waals surface area contributed by atoms with Crippen molar-refractivity contribution in [3.8, 4) is 11.1 Å². The average molecular weight is 406 g/mol. The van der Waals surface area contributed by atoms with Crippen molar-refractivity contribution in [3.05, 3.63) is 77.7 Å². The third-order valence-electron chi connectivity index (χ3n) is 5.57. The molecular formula is C23H22FN4S+. The highest BCUT2D eigenvalue weighted by atomic mass is 32.1. The summed E-state index contributed by atoms with van der Waals surface area (Å²) in [6, 6.07) is 17.3. The monoisotopic (exact) mass is 405 g/mol. The highest BCUT2D eigenvalue weighted by molar-refractivity contribution is 7.17. The van der Waals surface area contributed by atoms with E-state index in [0.717, 1.165) is 48.8 Å². The van der Waals surface area contributed by atoms with Crippen LogP contribution in [0.1, 0.15) is 5.56 Å². The summed E-state index contributed by atoms with van der Waals surface area (Å²) in [5, 5.41) is 3.35. The van der Waals surface area contributed by atoms with Crippen molar-refractivity contribution in [2.24, 2.45) is 0 Å². The summed E-state index contributed by atoms with van der Waals surface area (Å²) in [5.74, 6) is 0.863. The SMILES string of the molecule is Fc1ccc(C[NH+]2CCN(c3ncnc4scc(-c5ccccc5)c34)CC2)cc1. The molecule has 0 atom stereocenters. The Morgan fingerprint density at radius 3 is 2.48 bits per heavy atom. The summed E-state index contributed by atoms with van der Waals surface area (Å²) in [5.41, 5.74) is 3.60. The number of nitrogens with one attached hydrogen (secondary N) is 1. The molecule has 0 radical (unpaired) electrons. The standard InChI is InChI=1S/C23H21FN4S/c24-19-8-6-17(7-9-19)14-27-10-12-28(13-11-27)22-21-20(18-4-2-1-3-5-18)15-29-23(21)26-16-25-22/h1-9,15-16H,10-14H2/p+1. The van der Waals surface area contributed by atoms with E-state index in [9.17, 15) is 4.39 Å². The van der Waals surface area contributed by atoms with E-state index in [1.165, 1.54) is 21.6 Å². The molecule has 0 unspecified atom stereocenters. The van der Waals surface area contributed by atoms with Crippen LogP contribution in [0, 0.1) is 5.82 Å². The molecule has 4 nitrogen and oxygen atoms in total. The Hall–Kier alpha value is -2.83. The Morgan fingerprint density at radius 2 is 1.72 bits per heavy atom. The van der Waals surface area contributed by atoms with Crippen LogP contribution < -0.4 is 9.80 Å². The molecule has 2 aromatic carbocycles. The quantitative estimate of drug-likeness (QED) is 0.565. The smallest absolute Gasteiger partial charge is 0.141 e. The molecule has 5 rings (SSSR count). The Kier molecular flexibility index (Phi) is 4.96. The number of piperazine rings is 1. The van der Waals surface area contributed by atoms with Crippen molar-refractivity contribution in [3.63, 3.8) is 0 Å². The predicted octanol–water partition coefficient (Wildman–Crippen LogP) is 3.40. The number of anilines is 1. The molecule has 146 valence electrons. The Bertz CT molecular complexity index is 1100. The van der Waals surface area contributed by atoms with Crippen LogP contribution in [0.4, 0.5) is 10.2 Å². The van der Waals surface area contributed by atoms with Gasteiger partial charge in [0.15, 0.2) is 0 Å². The second-order valence-electron chi connectivity index (χ2n) is 7.43. The first-order chi connectivity index (χ1) is 14.3. The maximum Gasteiger partial charge on any atom is 0.141 e. The average Bonchev–Trinajstić information content (AvgIpc) is 3.21. The van der Waals surface area contributed by atoms with E-state index in [2.05, 4.69) is 44.5 Å². The van der Waals surface area contributed by atoms with E-state index in [0.29, 0.717) is 0 Å². The number of nitrogens with zero attached hydrogens (tertiary/aromatic N) is 3. The van der Waals surface area contributed by atoms with Gasteiger partial charge < -0.3 is 9.80 Å². The molecule has 0 amide bonds. The fraction of sp³-hybridized carbons (Fsp3) is 0.217. The molecule has 6 heteroatoms. The molecule has 1 N–H and O–H groups in total. The highest BCUT2D eigenvalue weighted by Gasteiger charge is 2.24. The van der Waals surface area contributed by atoms with Crippen LogP contribution in [-0.2, 0) is 6.54 Å². The molecule has 4 aromatic rings. The lowest BCUT2D eigenvalue weighted by atomic mass is 10.1. The minimum Gasteiger partial charge on any atom is -0.345 e. The third kappa shape index (κ3) is 3.73. The Balaban J connectivity index is 1.37. The third-order valence-corrected chi connectivity index (χ3v) is 6.46. The van der Waals surface area contributed by atoms with E-state index in [1.807, 2.05) is 18.2 Å². The van der Waals surface area contributed by atoms with Gasteiger partial charge >= 0.3 is 0 Å². The van der Waals surface area contributed by atoms with Crippen LogP contribution in [0.5, 0.6) is 0 Å². The van der Waals surface area contributed by atoms with Crippen LogP contribution >= 0.6 is 11.3 Å². The van der Waals surface area contributed by atoms with Crippen molar-refractivity contribution in [1.82, 2.24) is 9.97 Å². The molecular weight excluding hydrogens is 383 g/mol. The minimum absolute atomic E-state index is 0.175. The summed E-state index contributed by atoms with van der Waals surface area (Å²) in [7, 11) is 0. The normalized spacial score (nSPS) is 15.1. The van der Waals surface area contributed by atoms with E-state index >= 15 is 0 Å². The van der Waals surface area contributed by atoms with E-state index in [1.54, 1.807) is 29.8 Å². The Labute approximate surface area is 173 Å². The molecule has 0 spiro atoms. The number of halogens is 1. The number of fused-ring (bicyclic) bond motifs is 1. The largest absolute Gasteiger partial charge is 0.345 e. The van der Waals surface area contributed by atoms with Crippen molar-refractivity contribution < 1.29 is 9.29 Å². The molecule has 0 bridgehead atoms. The maximum atomic E-state index is 13.1. The minimum atomic E-state index is -0.175. The summed E-state index contributed by atoms with van der Waals surface area (Å²) in [6.45, 7) is 4.90. The van der Waals surface area contributed by atoms with Gasteiger partial charge in [0.05, 0.1) is 31.6 Å². The highest BCUT2D eigenvalue weighted by Crippen LogP contribution is 2.37. The molecule has 3 heterocycles. The van der Waals surface area contributed by atoms with E-state index in [4.69, 9.17) is 0 Å². The predicted molar refractivity (Wildman–Crippen MR) is 116 cm³/mol. The second kappa shape index (κ2) is 7.89. The molecule has 29 heavy (non-hydrogen) atoms. The van der Waals surface area contributed by atoms with E-state index < -0.39 is 0 Å². The first-order valence-corrected chi connectivity index (χ1v) is 10.8. The van der Waals surface area contributed by atoms with Crippen molar-refractivity contribution in [1.29, 1.82) is 0 Å². The molecule has 0 saturated carbocycles. The van der Waals surface area contributed by atoms with Gasteiger partial charge in [-0.25, -0.2) is 14.4 Å². The van der Waals surface area contributed by atoms with Gasteiger partial charge in [-0.05, 0) is 17.7 Å². The molecule has 1 aliphatic rings. The van der Waals surface area contributed by atoms with Gasteiger partial charge in [-0.2, -0.15) is 0 Å². The first kappa shape index (κ1) is 18.2. The Morgan fingerprint density at radius 1 is 0.966 bits per heavy atom. The molecule has 1 saturated heterocycles. The zero-order chi connectivity index (χ0) is 19.6. The van der Waals surface area contributed by atoms with Crippen molar-refractivity contribution in [2.75, 3.05) is 31.1 Å². The maximum absolute atomic E-state index is 13.1. The van der Waals surface area contributed by atoms with Gasteiger partial charge in [0.25, 0.3) is 0 Å². The molecule has 1 fully saturated rings. The zero-order valence-electron chi connectivity index (χ0n) is 16.0. The molecule has 2 aromatic heterocycles. The topological polar surface area (TPSA) is 33.5 Å². The summed E-state index contributed by atoms with van der Waals surface area (Å²) < 4.78 is 13.1. The van der Waals surface area contributed by atoms with Gasteiger partial charge in [0.2, 0.25) is 0 Å². The van der Waals surface area contributed by atoms with Gasteiger partial charge in [0, 0.05) is 16.5 Å². The fourth-order valence-corrected chi connectivity index (χ4v) is 4.94. The van der Waals surface area contributed by atoms with Crippen LogP contribution in [0.2, 0.25) is 0 Å². The lowest BCUT2D eigenvalue weighted by Gasteiger charge is -2.33. The number of benzene rings is 2. The van der Waals surface area contributed by atoms with Gasteiger partial charge in [-0.3, -0.25) is 0 Å². The second-order valence-corrected chi connectivity index (χ2v) is 8.29. The van der Waals surface area contributed by atoms with Crippen LogP contribution in [0.15, 0.2) is 66.3 Å². The van der Waals surface area contributed by atoms with Crippen molar-refractivity contribution in [2.45, 2.75) is 6.54 Å². The molecule has 0 aliphatic carbocycles. The van der Waals surface area contributed by atoms with Gasteiger partial charge in [0.1, 0.15) is 29.3 Å². The number of thiophene rings is 1. The lowest BCUT2D eigenvalue weighted by Crippen LogP contribution is -3.13. The number of quaternary nitrogens is 1. The van der Waals surface area contributed by atoms with E-state index in [-0.39, 0.29) is 5.82 Å². The first-order valence-electron chi connectivity index (χ1n) is 9.88. The van der Waals surface area contributed by atoms with Crippen LogP contribution in [0.25, 0.3) is 21.3 Å².